The van der Waals surface area contributed by atoms with Crippen LogP contribution in [-0.4, -0.2) is 43.0 Å². The summed E-state index contributed by atoms with van der Waals surface area (Å²) in [5.41, 5.74) is 0. The standard InChI is InChI=1S/C46H81NO2/c1-5-7-9-11-13-15-17-19-21-23-25-27-29-31-33-35-37-46(48-44-41-39-42(45(44)49-46)43(40-41)47(3)4)38-36-34-32-30-28-26-24-22-20-18-16-14-12-10-8-6-2/h13,15,18-21,24,26,41-45H,5-12,14,16-17,22-23,25,27-40H2,1-4H3/b15-13-,20-18-,21-19-,26-24-/t41-,42+,43?,44-,45+,46?/m1/s1. The largest absolute Gasteiger partial charge is 0.344 e. The van der Waals surface area contributed by atoms with E-state index < -0.39 is 0 Å². The molecule has 0 aromatic rings. The molecule has 3 rings (SSSR count). The van der Waals surface area contributed by atoms with Crippen molar-refractivity contribution in [3.8, 4) is 0 Å². The lowest BCUT2D eigenvalue weighted by atomic mass is 9.90. The Morgan fingerprint density at radius 2 is 0.898 bits per heavy atom. The van der Waals surface area contributed by atoms with Crippen LogP contribution in [0.1, 0.15) is 194 Å². The maximum absolute atomic E-state index is 7.06. The Bertz CT molecular complexity index is 920. The monoisotopic (exact) mass is 680 g/mol. The van der Waals surface area contributed by atoms with Gasteiger partial charge in [-0.3, -0.25) is 0 Å². The molecule has 3 nitrogen and oxygen atoms in total. The zero-order valence-corrected chi connectivity index (χ0v) is 33.1. The third-order valence-corrected chi connectivity index (χ3v) is 11.7. The number of nitrogens with zero attached hydrogens (tertiary/aromatic N) is 1. The molecule has 3 fully saturated rings. The lowest BCUT2D eigenvalue weighted by Crippen LogP contribution is -2.43. The van der Waals surface area contributed by atoms with E-state index in [1.165, 1.54) is 154 Å². The van der Waals surface area contributed by atoms with Crippen molar-refractivity contribution in [2.45, 2.75) is 218 Å². The first-order valence-electron chi connectivity index (χ1n) is 21.7. The van der Waals surface area contributed by atoms with Crippen molar-refractivity contribution in [1.82, 2.24) is 4.90 Å². The van der Waals surface area contributed by atoms with Gasteiger partial charge in [-0.15, -0.1) is 0 Å². The minimum atomic E-state index is -0.315. The molecule has 2 aliphatic carbocycles. The second-order valence-corrected chi connectivity index (χ2v) is 16.2. The van der Waals surface area contributed by atoms with Crippen molar-refractivity contribution >= 4 is 0 Å². The topological polar surface area (TPSA) is 21.7 Å². The highest BCUT2D eigenvalue weighted by Crippen LogP contribution is 2.55. The summed E-state index contributed by atoms with van der Waals surface area (Å²) in [5, 5.41) is 0. The van der Waals surface area contributed by atoms with Gasteiger partial charge in [-0.1, -0.05) is 140 Å². The van der Waals surface area contributed by atoms with Crippen molar-refractivity contribution in [2.75, 3.05) is 14.1 Å². The van der Waals surface area contributed by atoms with Gasteiger partial charge in [0.25, 0.3) is 0 Å². The van der Waals surface area contributed by atoms with Crippen molar-refractivity contribution in [1.29, 1.82) is 0 Å². The van der Waals surface area contributed by atoms with Crippen LogP contribution in [0.25, 0.3) is 0 Å². The van der Waals surface area contributed by atoms with Gasteiger partial charge in [0, 0.05) is 24.8 Å². The van der Waals surface area contributed by atoms with E-state index in [0.29, 0.717) is 30.1 Å². The van der Waals surface area contributed by atoms with Gasteiger partial charge in [0.15, 0.2) is 5.79 Å². The van der Waals surface area contributed by atoms with E-state index in [1.54, 1.807) is 0 Å². The molecule has 6 atom stereocenters. The van der Waals surface area contributed by atoms with Crippen LogP contribution in [0.2, 0.25) is 0 Å². The van der Waals surface area contributed by atoms with Gasteiger partial charge in [0.05, 0.1) is 12.2 Å². The molecule has 0 amide bonds. The van der Waals surface area contributed by atoms with Crippen molar-refractivity contribution in [3.63, 3.8) is 0 Å². The average Bonchev–Trinajstić information content (AvgIpc) is 3.79. The highest BCUT2D eigenvalue weighted by Gasteiger charge is 2.62. The van der Waals surface area contributed by atoms with E-state index in [4.69, 9.17) is 9.47 Å². The molecule has 0 spiro atoms. The highest BCUT2D eigenvalue weighted by atomic mass is 16.8. The van der Waals surface area contributed by atoms with Crippen LogP contribution >= 0.6 is 0 Å². The molecule has 0 N–H and O–H groups in total. The van der Waals surface area contributed by atoms with E-state index in [2.05, 4.69) is 81.5 Å². The maximum atomic E-state index is 7.06. The van der Waals surface area contributed by atoms with E-state index in [1.807, 2.05) is 0 Å². The van der Waals surface area contributed by atoms with Gasteiger partial charge >= 0.3 is 0 Å². The van der Waals surface area contributed by atoms with E-state index in [0.717, 1.165) is 25.7 Å². The molecule has 1 saturated heterocycles. The van der Waals surface area contributed by atoms with Gasteiger partial charge in [0.1, 0.15) is 0 Å². The van der Waals surface area contributed by atoms with Crippen molar-refractivity contribution < 1.29 is 9.47 Å². The highest BCUT2D eigenvalue weighted by molar-refractivity contribution is 5.09. The zero-order valence-electron chi connectivity index (χ0n) is 33.1. The summed E-state index contributed by atoms with van der Waals surface area (Å²) in [7, 11) is 4.52. The average molecular weight is 680 g/mol. The van der Waals surface area contributed by atoms with Crippen molar-refractivity contribution in [3.05, 3.63) is 48.6 Å². The predicted molar refractivity (Wildman–Crippen MR) is 214 cm³/mol. The second kappa shape index (κ2) is 26.6. The molecule has 2 saturated carbocycles. The molecular formula is C46H81NO2. The van der Waals surface area contributed by atoms with Crippen LogP contribution < -0.4 is 0 Å². The minimum Gasteiger partial charge on any atom is -0.344 e. The van der Waals surface area contributed by atoms with Gasteiger partial charge in [-0.05, 0) is 110 Å². The number of rotatable bonds is 31. The summed E-state index contributed by atoms with van der Waals surface area (Å²) < 4.78 is 14.1. The molecule has 282 valence electrons. The molecule has 0 radical (unpaired) electrons. The van der Waals surface area contributed by atoms with Crippen molar-refractivity contribution in [2.24, 2.45) is 11.8 Å². The quantitative estimate of drug-likeness (QED) is 0.0538. The smallest absolute Gasteiger partial charge is 0.169 e. The molecule has 49 heavy (non-hydrogen) atoms. The van der Waals surface area contributed by atoms with Crippen LogP contribution in [0.4, 0.5) is 0 Å². The van der Waals surface area contributed by atoms with E-state index in [9.17, 15) is 0 Å². The van der Waals surface area contributed by atoms with Gasteiger partial charge in [-0.2, -0.15) is 0 Å². The SMILES string of the molecule is CCCCC/C=C\C/C=C\CCCCCCCCC1(CCCCCC/C=C\C/C=C\CCCCCCC)O[C@@H]2[C@H]3CC(N(C)C)[C@H](C3)[C@@H]2O1. The Balaban J connectivity index is 1.28. The summed E-state index contributed by atoms with van der Waals surface area (Å²) in [5.74, 6) is 1.05. The number of hydrogen-bond acceptors (Lipinski definition) is 3. The second-order valence-electron chi connectivity index (χ2n) is 16.2. The third kappa shape index (κ3) is 16.8. The fraction of sp³-hybridized carbons (Fsp3) is 0.826. The number of hydrogen-bond donors (Lipinski definition) is 0. The molecule has 2 bridgehead atoms. The zero-order chi connectivity index (χ0) is 34.8. The summed E-state index contributed by atoms with van der Waals surface area (Å²) in [6.07, 6.45) is 55.6. The lowest BCUT2D eigenvalue weighted by molar-refractivity contribution is -0.196. The first-order chi connectivity index (χ1) is 24.1. The Hall–Kier alpha value is -1.16. The molecule has 0 aromatic carbocycles. The number of ether oxygens (including phenoxy) is 2. The Kier molecular flexibility index (Phi) is 22.9. The number of allylic oxidation sites excluding steroid dienone is 8. The first-order valence-corrected chi connectivity index (χ1v) is 21.7. The van der Waals surface area contributed by atoms with Crippen LogP contribution in [0, 0.1) is 11.8 Å². The van der Waals surface area contributed by atoms with Gasteiger partial charge in [-0.25, -0.2) is 0 Å². The van der Waals surface area contributed by atoms with E-state index in [-0.39, 0.29) is 5.79 Å². The summed E-state index contributed by atoms with van der Waals surface area (Å²) >= 11 is 0. The molecular weight excluding hydrogens is 599 g/mol. The molecule has 1 aliphatic heterocycles. The minimum absolute atomic E-state index is 0.315. The van der Waals surface area contributed by atoms with Crippen LogP contribution in [-0.2, 0) is 9.47 Å². The van der Waals surface area contributed by atoms with Gasteiger partial charge < -0.3 is 14.4 Å². The summed E-state index contributed by atoms with van der Waals surface area (Å²) in [6, 6.07) is 0.673. The molecule has 3 heteroatoms. The Morgan fingerprint density at radius 1 is 0.490 bits per heavy atom. The Labute approximate surface area is 305 Å². The Morgan fingerprint density at radius 3 is 1.39 bits per heavy atom. The van der Waals surface area contributed by atoms with Crippen LogP contribution in [0.5, 0.6) is 0 Å². The summed E-state index contributed by atoms with van der Waals surface area (Å²) in [4.78, 5) is 2.45. The fourth-order valence-electron chi connectivity index (χ4n) is 8.78. The third-order valence-electron chi connectivity index (χ3n) is 11.7. The number of unbranched alkanes of at least 4 members (excludes halogenated alkanes) is 18. The van der Waals surface area contributed by atoms with Crippen LogP contribution in [0.3, 0.4) is 0 Å². The lowest BCUT2D eigenvalue weighted by Gasteiger charge is -2.33. The fourth-order valence-corrected chi connectivity index (χ4v) is 8.78. The molecule has 1 heterocycles. The summed E-state index contributed by atoms with van der Waals surface area (Å²) in [6.45, 7) is 4.56. The predicted octanol–water partition coefficient (Wildman–Crippen LogP) is 13.8. The molecule has 2 unspecified atom stereocenters. The van der Waals surface area contributed by atoms with Crippen LogP contribution in [0.15, 0.2) is 48.6 Å². The molecule has 3 aliphatic rings. The maximum Gasteiger partial charge on any atom is 0.169 e. The number of fused-ring (bicyclic) bond motifs is 5. The van der Waals surface area contributed by atoms with E-state index >= 15 is 0 Å². The molecule has 0 aromatic heterocycles. The normalized spacial score (nSPS) is 26.7. The van der Waals surface area contributed by atoms with Gasteiger partial charge in [0.2, 0.25) is 0 Å². The first kappa shape index (κ1) is 42.3.